The molecular weight excluding hydrogens is 468 g/mol. The number of hydrogen-bond donors (Lipinski definition) is 0. The van der Waals surface area contributed by atoms with Gasteiger partial charge in [0.2, 0.25) is 0 Å². The van der Waals surface area contributed by atoms with Crippen molar-refractivity contribution in [2.24, 2.45) is 0 Å². The third-order valence-corrected chi connectivity index (χ3v) is 7.69. The molecule has 0 unspecified atom stereocenters. The van der Waals surface area contributed by atoms with Crippen LogP contribution in [0.3, 0.4) is 0 Å². The van der Waals surface area contributed by atoms with Crippen molar-refractivity contribution in [1.82, 2.24) is 0 Å². The first kappa shape index (κ1) is 22.3. The van der Waals surface area contributed by atoms with Crippen LogP contribution in [-0.2, 0) is 0 Å². The molecule has 0 atom stereocenters. The molecule has 38 heavy (non-hydrogen) atoms. The molecule has 0 saturated heterocycles. The van der Waals surface area contributed by atoms with Gasteiger partial charge in [0.15, 0.2) is 0 Å². The van der Waals surface area contributed by atoms with E-state index in [1.165, 1.54) is 0 Å². The molecule has 7 aromatic rings. The van der Waals surface area contributed by atoms with Gasteiger partial charge in [-0.2, -0.15) is 0 Å². The molecule has 0 aromatic heterocycles. The molecule has 0 saturated carbocycles. The lowest BCUT2D eigenvalue weighted by atomic mass is 9.98. The molecule has 0 aliphatic rings. The van der Waals surface area contributed by atoms with Crippen molar-refractivity contribution in [2.75, 3.05) is 23.9 Å². The molecule has 0 aliphatic carbocycles. The van der Waals surface area contributed by atoms with Gasteiger partial charge in [-0.05, 0) is 33.7 Å². The number of benzene rings is 6. The van der Waals surface area contributed by atoms with Gasteiger partial charge in [0.1, 0.15) is 11.4 Å². The fourth-order valence-corrected chi connectivity index (χ4v) is 5.92. The van der Waals surface area contributed by atoms with E-state index in [9.17, 15) is 9.59 Å². The lowest BCUT2D eigenvalue weighted by molar-refractivity contribution is 1.11. The van der Waals surface area contributed by atoms with Crippen LogP contribution in [0, 0.1) is 0 Å². The molecule has 7 aromatic carbocycles. The largest absolute Gasteiger partial charge is 0.338 e. The second-order valence-electron chi connectivity index (χ2n) is 9.81. The van der Waals surface area contributed by atoms with Crippen LogP contribution in [0.2, 0.25) is 0 Å². The summed E-state index contributed by atoms with van der Waals surface area (Å²) in [5.74, 6) is 0. The van der Waals surface area contributed by atoms with Crippen molar-refractivity contribution in [1.29, 1.82) is 0 Å². The zero-order valence-electron chi connectivity index (χ0n) is 21.1. The van der Waals surface area contributed by atoms with Gasteiger partial charge in [-0.15, -0.1) is 0 Å². The summed E-state index contributed by atoms with van der Waals surface area (Å²) in [5.41, 5.74) is 1.74. The molecule has 0 amide bonds. The second kappa shape index (κ2) is 8.29. The molecule has 0 radical (unpaired) electrons. The number of rotatable bonds is 4. The Morgan fingerprint density at radius 2 is 0.658 bits per heavy atom. The first-order valence-corrected chi connectivity index (χ1v) is 12.7. The minimum Gasteiger partial charge on any atom is -0.338 e. The molecular formula is C34H24N2O2. The molecule has 0 aliphatic heterocycles. The van der Waals surface area contributed by atoms with Crippen molar-refractivity contribution in [2.45, 2.75) is 0 Å². The van der Waals surface area contributed by atoms with Gasteiger partial charge >= 0.3 is 0 Å². The predicted octanol–water partition coefficient (Wildman–Crippen LogP) is 7.43. The highest BCUT2D eigenvalue weighted by Crippen LogP contribution is 2.43. The van der Waals surface area contributed by atoms with Crippen LogP contribution < -0.4 is 20.7 Å². The van der Waals surface area contributed by atoms with E-state index in [1.807, 2.05) is 72.4 Å². The Hall–Kier alpha value is -4.96. The average molecular weight is 493 g/mol. The smallest absolute Gasteiger partial charge is 0.253 e. The van der Waals surface area contributed by atoms with Gasteiger partial charge in [0.25, 0.3) is 10.9 Å². The van der Waals surface area contributed by atoms with E-state index >= 15 is 0 Å². The predicted molar refractivity (Wildman–Crippen MR) is 160 cm³/mol. The maximum absolute atomic E-state index is 13.2. The third-order valence-electron chi connectivity index (χ3n) is 7.69. The molecule has 182 valence electrons. The Balaban J connectivity index is 1.49. The second-order valence-corrected chi connectivity index (χ2v) is 9.81. The summed E-state index contributed by atoms with van der Waals surface area (Å²) >= 11 is 0. The van der Waals surface area contributed by atoms with Crippen LogP contribution in [0.5, 0.6) is 0 Å². The Morgan fingerprint density at radius 1 is 0.395 bits per heavy atom. The van der Waals surface area contributed by atoms with Crippen LogP contribution >= 0.6 is 0 Å². The fraction of sp³-hybridized carbons (Fsp3) is 0.0588. The Bertz CT molecular complexity index is 1860. The monoisotopic (exact) mass is 492 g/mol. The maximum Gasteiger partial charge on any atom is 0.253 e. The molecule has 4 nitrogen and oxygen atoms in total. The van der Waals surface area contributed by atoms with E-state index in [0.717, 1.165) is 54.5 Å². The van der Waals surface area contributed by atoms with Gasteiger partial charge in [0.05, 0.1) is 11.4 Å². The molecule has 0 fully saturated rings. The number of nitrogens with zero attached hydrogens (tertiary/aromatic N) is 2. The Labute approximate surface area is 219 Å². The lowest BCUT2D eigenvalue weighted by Gasteiger charge is -2.31. The zero-order valence-corrected chi connectivity index (χ0v) is 21.1. The summed E-state index contributed by atoms with van der Waals surface area (Å²) in [4.78, 5) is 30.3. The fourth-order valence-electron chi connectivity index (χ4n) is 5.92. The maximum atomic E-state index is 13.2. The van der Waals surface area contributed by atoms with Crippen molar-refractivity contribution < 1.29 is 0 Å². The highest BCUT2D eigenvalue weighted by Gasteiger charge is 2.31. The molecule has 0 heterocycles. The van der Waals surface area contributed by atoms with E-state index < -0.39 is 10.9 Å². The minimum atomic E-state index is -0.462. The van der Waals surface area contributed by atoms with Crippen molar-refractivity contribution in [3.05, 3.63) is 130 Å². The quantitative estimate of drug-likeness (QED) is 0.189. The van der Waals surface area contributed by atoms with Crippen molar-refractivity contribution in [3.63, 3.8) is 0 Å². The first-order chi connectivity index (χ1) is 18.5. The van der Waals surface area contributed by atoms with Crippen LogP contribution in [-0.4, -0.2) is 14.1 Å². The van der Waals surface area contributed by atoms with Gasteiger partial charge in [0, 0.05) is 35.6 Å². The summed E-state index contributed by atoms with van der Waals surface area (Å²) in [6, 6.07) is 37.0. The van der Waals surface area contributed by atoms with Crippen molar-refractivity contribution >= 4 is 65.8 Å². The summed E-state index contributed by atoms with van der Waals surface area (Å²) in [6.07, 6.45) is 0. The van der Waals surface area contributed by atoms with Crippen LogP contribution in [0.15, 0.2) is 119 Å². The topological polar surface area (TPSA) is 40.6 Å². The summed E-state index contributed by atoms with van der Waals surface area (Å²) in [5, 5.41) is 8.47. The number of anilines is 4. The van der Waals surface area contributed by atoms with Crippen LogP contribution in [0.25, 0.3) is 43.1 Å². The normalized spacial score (nSPS) is 11.6. The standard InChI is InChI=1S/C34H24N2O2/c1-35(29-25-15-7-3-11-21(25)19-22-12-4-8-16-26(22)29)31-32(34(38)33(31)37)36(2)30-27-17-9-5-13-23(27)20-24-14-6-10-18-28(24)30/h3-20H,1-2H3. The summed E-state index contributed by atoms with van der Waals surface area (Å²) in [7, 11) is 3.78. The molecule has 4 heteroatoms. The summed E-state index contributed by atoms with van der Waals surface area (Å²) < 4.78 is 0. The summed E-state index contributed by atoms with van der Waals surface area (Å²) in [6.45, 7) is 0. The molecule has 0 N–H and O–H groups in total. The van der Waals surface area contributed by atoms with Crippen LogP contribution in [0.4, 0.5) is 22.7 Å². The number of fused-ring (bicyclic) bond motifs is 4. The Kier molecular flexibility index (Phi) is 4.85. The van der Waals surface area contributed by atoms with E-state index in [0.29, 0.717) is 11.4 Å². The average Bonchev–Trinajstić information content (AvgIpc) is 2.96. The number of hydrogen-bond acceptors (Lipinski definition) is 4. The van der Waals surface area contributed by atoms with Crippen molar-refractivity contribution in [3.8, 4) is 0 Å². The van der Waals surface area contributed by atoms with E-state index in [2.05, 4.69) is 60.7 Å². The van der Waals surface area contributed by atoms with Gasteiger partial charge in [-0.3, -0.25) is 9.59 Å². The lowest BCUT2D eigenvalue weighted by Crippen LogP contribution is -2.42. The Morgan fingerprint density at radius 3 is 0.947 bits per heavy atom. The third kappa shape index (κ3) is 3.10. The first-order valence-electron chi connectivity index (χ1n) is 12.7. The molecule has 0 bridgehead atoms. The highest BCUT2D eigenvalue weighted by molar-refractivity contribution is 6.15. The highest BCUT2D eigenvalue weighted by atomic mass is 16.2. The minimum absolute atomic E-state index is 0.413. The van der Waals surface area contributed by atoms with E-state index in [-0.39, 0.29) is 0 Å². The SMILES string of the molecule is CN(c1c(N(C)c2c3ccccc3cc3ccccc23)c(=O)c1=O)c1c2ccccc2cc2ccccc12. The van der Waals surface area contributed by atoms with E-state index in [1.54, 1.807) is 0 Å². The van der Waals surface area contributed by atoms with E-state index in [4.69, 9.17) is 0 Å². The van der Waals surface area contributed by atoms with Gasteiger partial charge in [-0.25, -0.2) is 0 Å². The molecule has 7 rings (SSSR count). The van der Waals surface area contributed by atoms with Gasteiger partial charge < -0.3 is 9.80 Å². The zero-order chi connectivity index (χ0) is 26.0. The molecule has 0 spiro atoms. The van der Waals surface area contributed by atoms with Gasteiger partial charge in [-0.1, -0.05) is 97.1 Å². The van der Waals surface area contributed by atoms with Crippen LogP contribution in [0.1, 0.15) is 0 Å².